The number of nitrogens with zero attached hydrogens (tertiary/aromatic N) is 4. The fourth-order valence-corrected chi connectivity index (χ4v) is 3.58. The zero-order valence-electron chi connectivity index (χ0n) is 20.6. The lowest BCUT2D eigenvalue weighted by Gasteiger charge is -2.34. The predicted molar refractivity (Wildman–Crippen MR) is 126 cm³/mol. The summed E-state index contributed by atoms with van der Waals surface area (Å²) in [6, 6.07) is 3.63. The van der Waals surface area contributed by atoms with Gasteiger partial charge >= 0.3 is 0 Å². The number of amides is 2. The number of pyridine rings is 1. The molecule has 1 aromatic rings. The van der Waals surface area contributed by atoms with Crippen LogP contribution in [-0.2, 0) is 11.3 Å². The second-order valence-corrected chi connectivity index (χ2v) is 10.8. The Bertz CT molecular complexity index is 777. The van der Waals surface area contributed by atoms with Gasteiger partial charge in [-0.15, -0.1) is 0 Å². The summed E-state index contributed by atoms with van der Waals surface area (Å²) < 4.78 is 0. The lowest BCUT2D eigenvalue weighted by atomic mass is 9.71. The highest BCUT2D eigenvalue weighted by atomic mass is 16.2. The van der Waals surface area contributed by atoms with Gasteiger partial charge in [-0.2, -0.15) is 5.11 Å². The van der Waals surface area contributed by atoms with E-state index >= 15 is 0 Å². The number of carbonyl (C=O) groups is 2. The van der Waals surface area contributed by atoms with E-state index in [0.717, 1.165) is 38.0 Å². The van der Waals surface area contributed by atoms with E-state index in [4.69, 9.17) is 0 Å². The monoisotopic (exact) mass is 444 g/mol. The van der Waals surface area contributed by atoms with Gasteiger partial charge in [0.2, 0.25) is 5.91 Å². The topological polar surface area (TPSA) is 99.1 Å². The maximum absolute atomic E-state index is 12.7. The van der Waals surface area contributed by atoms with Gasteiger partial charge in [0.1, 0.15) is 0 Å². The third-order valence-corrected chi connectivity index (χ3v) is 5.45. The molecule has 1 unspecified atom stereocenters. The van der Waals surface area contributed by atoms with Crippen molar-refractivity contribution in [3.8, 4) is 0 Å². The average molecular weight is 445 g/mol. The van der Waals surface area contributed by atoms with Crippen LogP contribution in [0, 0.1) is 16.7 Å². The maximum atomic E-state index is 12.7. The molecule has 0 aliphatic carbocycles. The molecule has 0 saturated heterocycles. The Kier molecular flexibility index (Phi) is 9.16. The average Bonchev–Trinajstić information content (AvgIpc) is 3.20. The summed E-state index contributed by atoms with van der Waals surface area (Å²) in [4.78, 5) is 29.4. The fourth-order valence-electron chi connectivity index (χ4n) is 3.58. The number of rotatable bonds is 10. The van der Waals surface area contributed by atoms with E-state index in [1.807, 2.05) is 11.1 Å². The molecule has 0 fully saturated rings. The van der Waals surface area contributed by atoms with Gasteiger partial charge in [0.15, 0.2) is 0 Å². The van der Waals surface area contributed by atoms with Gasteiger partial charge in [0.05, 0.1) is 30.9 Å². The van der Waals surface area contributed by atoms with Gasteiger partial charge < -0.3 is 10.6 Å². The summed E-state index contributed by atoms with van der Waals surface area (Å²) in [6.07, 6.45) is 4.07. The molecule has 1 aliphatic rings. The van der Waals surface area contributed by atoms with E-state index in [-0.39, 0.29) is 28.6 Å². The van der Waals surface area contributed by atoms with Crippen molar-refractivity contribution in [3.05, 3.63) is 29.6 Å². The Morgan fingerprint density at radius 3 is 2.28 bits per heavy atom. The molecule has 2 N–H and O–H groups in total. The minimum atomic E-state index is -0.132. The van der Waals surface area contributed by atoms with E-state index in [1.54, 1.807) is 12.3 Å². The lowest BCUT2D eigenvalue weighted by molar-refractivity contribution is -0.129. The molecule has 32 heavy (non-hydrogen) atoms. The van der Waals surface area contributed by atoms with Crippen molar-refractivity contribution in [2.24, 2.45) is 27.1 Å². The van der Waals surface area contributed by atoms with Crippen LogP contribution in [0.4, 0.5) is 0 Å². The van der Waals surface area contributed by atoms with E-state index in [0.29, 0.717) is 25.2 Å². The van der Waals surface area contributed by atoms with Gasteiger partial charge in [-0.05, 0) is 42.2 Å². The van der Waals surface area contributed by atoms with Gasteiger partial charge in [0.25, 0.3) is 5.91 Å². The molecule has 0 saturated carbocycles. The van der Waals surface area contributed by atoms with Crippen LogP contribution in [-0.4, -0.2) is 48.0 Å². The highest BCUT2D eigenvalue weighted by Crippen LogP contribution is 2.36. The van der Waals surface area contributed by atoms with Crippen LogP contribution in [0.25, 0.3) is 0 Å². The number of hydrogen-bond donors (Lipinski definition) is 2. The molecule has 2 rings (SSSR count). The first-order valence-corrected chi connectivity index (χ1v) is 11.6. The largest absolute Gasteiger partial charge is 0.356 e. The van der Waals surface area contributed by atoms with Gasteiger partial charge in [-0.1, -0.05) is 46.8 Å². The van der Waals surface area contributed by atoms with Crippen LogP contribution in [0.1, 0.15) is 76.9 Å². The number of nitrogens with one attached hydrogen (secondary N) is 2. The van der Waals surface area contributed by atoms with Crippen molar-refractivity contribution in [1.29, 1.82) is 0 Å². The highest BCUT2D eigenvalue weighted by Gasteiger charge is 2.34. The Hall–Kier alpha value is -2.51. The minimum absolute atomic E-state index is 0.0220. The second kappa shape index (κ2) is 11.4. The molecular weight excluding hydrogens is 404 g/mol. The van der Waals surface area contributed by atoms with E-state index in [9.17, 15) is 9.59 Å². The molecule has 1 aliphatic heterocycles. The summed E-state index contributed by atoms with van der Waals surface area (Å²) >= 11 is 0. The summed E-state index contributed by atoms with van der Waals surface area (Å²) in [7, 11) is 0. The van der Waals surface area contributed by atoms with Crippen LogP contribution >= 0.6 is 0 Å². The van der Waals surface area contributed by atoms with Crippen molar-refractivity contribution in [1.82, 2.24) is 20.6 Å². The molecule has 178 valence electrons. The van der Waals surface area contributed by atoms with E-state index in [2.05, 4.69) is 67.5 Å². The van der Waals surface area contributed by atoms with Crippen LogP contribution in [0.3, 0.4) is 0 Å². The third kappa shape index (κ3) is 8.93. The summed E-state index contributed by atoms with van der Waals surface area (Å²) in [5.41, 5.74) is 1.43. The van der Waals surface area contributed by atoms with Crippen molar-refractivity contribution < 1.29 is 9.59 Å². The number of aromatic nitrogens is 1. The standard InChI is InChI=1S/C24H40N6O2/c1-23(2,3)15-20(24(4,5)6)22(32)26-12-8-7-11-25-21(31)18-9-10-19(27-16-18)17-30-14-13-28-29-30/h9-10,16,20H,7-8,11-15,17H2,1-6H3,(H,25,31)(H,26,32). The molecule has 8 heteroatoms. The van der Waals surface area contributed by atoms with Crippen LogP contribution in [0.15, 0.2) is 28.7 Å². The van der Waals surface area contributed by atoms with Crippen molar-refractivity contribution in [3.63, 3.8) is 0 Å². The van der Waals surface area contributed by atoms with Crippen molar-refractivity contribution in [2.45, 2.75) is 67.3 Å². The molecule has 0 spiro atoms. The SMILES string of the molecule is CC(C)(C)CC(C(=O)NCCCCNC(=O)c1ccc(CN2CCN=N2)nc1)C(C)(C)C. The molecular formula is C24H40N6O2. The lowest BCUT2D eigenvalue weighted by Crippen LogP contribution is -2.40. The molecule has 8 nitrogen and oxygen atoms in total. The molecule has 1 atom stereocenters. The van der Waals surface area contributed by atoms with Gasteiger partial charge in [-0.25, -0.2) is 0 Å². The summed E-state index contributed by atoms with van der Waals surface area (Å²) in [6.45, 7) is 16.2. The van der Waals surface area contributed by atoms with E-state index in [1.165, 1.54) is 0 Å². The predicted octanol–water partition coefficient (Wildman–Crippen LogP) is 3.99. The first-order chi connectivity index (χ1) is 15.0. The Morgan fingerprint density at radius 1 is 1.06 bits per heavy atom. The smallest absolute Gasteiger partial charge is 0.252 e. The molecule has 0 bridgehead atoms. The normalized spacial score (nSPS) is 15.0. The number of unbranched alkanes of at least 4 members (excludes halogenated alkanes) is 1. The van der Waals surface area contributed by atoms with Gasteiger partial charge in [-0.3, -0.25) is 19.6 Å². The van der Waals surface area contributed by atoms with Crippen LogP contribution in [0.2, 0.25) is 0 Å². The first kappa shape index (κ1) is 25.7. The zero-order chi connectivity index (χ0) is 23.8. The van der Waals surface area contributed by atoms with Crippen molar-refractivity contribution in [2.75, 3.05) is 26.2 Å². The van der Waals surface area contributed by atoms with E-state index < -0.39 is 0 Å². The summed E-state index contributed by atoms with van der Waals surface area (Å²) in [5, 5.41) is 15.8. The zero-order valence-corrected chi connectivity index (χ0v) is 20.6. The molecule has 0 aromatic carbocycles. The number of hydrogen-bond acceptors (Lipinski definition) is 6. The Balaban J connectivity index is 1.67. The van der Waals surface area contributed by atoms with Crippen molar-refractivity contribution >= 4 is 11.8 Å². The van der Waals surface area contributed by atoms with Gasteiger partial charge in [0, 0.05) is 25.2 Å². The minimum Gasteiger partial charge on any atom is -0.356 e. The quantitative estimate of drug-likeness (QED) is 0.533. The number of carbonyl (C=O) groups excluding carboxylic acids is 2. The first-order valence-electron chi connectivity index (χ1n) is 11.6. The molecule has 2 heterocycles. The summed E-state index contributed by atoms with van der Waals surface area (Å²) in [5.74, 6) is -0.0313. The molecule has 2 amide bonds. The maximum Gasteiger partial charge on any atom is 0.252 e. The fraction of sp³-hybridized carbons (Fsp3) is 0.708. The van der Waals surface area contributed by atoms with Crippen LogP contribution < -0.4 is 10.6 Å². The highest BCUT2D eigenvalue weighted by molar-refractivity contribution is 5.93. The Labute approximate surface area is 192 Å². The third-order valence-electron chi connectivity index (χ3n) is 5.45. The Morgan fingerprint density at radius 2 is 1.75 bits per heavy atom. The second-order valence-electron chi connectivity index (χ2n) is 10.8. The molecule has 1 aromatic heterocycles. The van der Waals surface area contributed by atoms with Crippen LogP contribution in [0.5, 0.6) is 0 Å². The molecule has 0 radical (unpaired) electrons.